The number of benzene rings is 4. The number of hydrogen-bond donors (Lipinski definition) is 1. The average molecular weight is 709 g/mol. The van der Waals surface area contributed by atoms with Crippen molar-refractivity contribution in [2.45, 2.75) is 62.0 Å². The van der Waals surface area contributed by atoms with E-state index in [0.717, 1.165) is 42.0 Å². The van der Waals surface area contributed by atoms with Crippen molar-refractivity contribution in [3.05, 3.63) is 124 Å². The van der Waals surface area contributed by atoms with Crippen LogP contribution in [0.1, 0.15) is 43.2 Å². The normalized spacial score (nSPS) is 14.1. The van der Waals surface area contributed by atoms with Crippen molar-refractivity contribution < 1.29 is 22.7 Å². The molecule has 1 N–H and O–H groups in total. The van der Waals surface area contributed by atoms with Crippen molar-refractivity contribution in [1.82, 2.24) is 10.2 Å². The third kappa shape index (κ3) is 9.09. The number of sulfonamides is 1. The van der Waals surface area contributed by atoms with E-state index in [4.69, 9.17) is 27.9 Å². The van der Waals surface area contributed by atoms with Crippen LogP contribution in [-0.2, 0) is 32.6 Å². The highest BCUT2D eigenvalue weighted by Crippen LogP contribution is 2.28. The minimum atomic E-state index is -4.28. The number of nitrogens with zero attached hydrogens (tertiary/aromatic N) is 2. The molecule has 0 heterocycles. The molecule has 1 aliphatic rings. The molecule has 0 aromatic heterocycles. The summed E-state index contributed by atoms with van der Waals surface area (Å²) in [6.07, 6.45) is 5.15. The lowest BCUT2D eigenvalue weighted by Crippen LogP contribution is -2.55. The summed E-state index contributed by atoms with van der Waals surface area (Å²) in [5.74, 6) is -0.361. The molecule has 11 heteroatoms. The summed E-state index contributed by atoms with van der Waals surface area (Å²) < 4.78 is 34.7. The van der Waals surface area contributed by atoms with Gasteiger partial charge in [0.15, 0.2) is 0 Å². The van der Waals surface area contributed by atoms with E-state index >= 15 is 0 Å². The molecule has 8 nitrogen and oxygen atoms in total. The summed E-state index contributed by atoms with van der Waals surface area (Å²) in [7, 11) is -2.79. The Labute approximate surface area is 292 Å². The first-order valence-corrected chi connectivity index (χ1v) is 18.1. The Morgan fingerprint density at radius 2 is 1.48 bits per heavy atom. The standard InChI is InChI=1S/C37H39Cl2N3O5S/c1-47-33-18-20-34(21-19-33)48(45,46)42(32-17-9-14-30(39)24-32)26-36(43)41(25-28-12-8-13-29(38)22-28)35(23-27-10-4-2-5-11-27)37(44)40-31-15-6-3-7-16-31/h2,4-5,8-14,17-22,24,31,35H,3,6-7,15-16,23,25-26H2,1H3,(H,40,44). The van der Waals surface area contributed by atoms with E-state index in [-0.39, 0.29) is 35.5 Å². The maximum atomic E-state index is 14.7. The van der Waals surface area contributed by atoms with Crippen molar-refractivity contribution in [1.29, 1.82) is 0 Å². The zero-order valence-corrected chi connectivity index (χ0v) is 29.1. The Balaban J connectivity index is 1.56. The highest BCUT2D eigenvalue weighted by molar-refractivity contribution is 7.92. The van der Waals surface area contributed by atoms with Crippen LogP contribution in [0.25, 0.3) is 0 Å². The Bertz CT molecular complexity index is 1800. The average Bonchev–Trinajstić information content (AvgIpc) is 3.09. The van der Waals surface area contributed by atoms with Gasteiger partial charge in [-0.2, -0.15) is 0 Å². The molecule has 0 aliphatic heterocycles. The van der Waals surface area contributed by atoms with Crippen molar-refractivity contribution in [3.63, 3.8) is 0 Å². The summed E-state index contributed by atoms with van der Waals surface area (Å²) in [6, 6.07) is 27.9. The Hall–Kier alpha value is -4.05. The third-order valence-electron chi connectivity index (χ3n) is 8.49. The molecular weight excluding hydrogens is 669 g/mol. The number of amides is 2. The molecule has 0 spiro atoms. The molecule has 1 atom stereocenters. The maximum Gasteiger partial charge on any atom is 0.264 e. The number of nitrogens with one attached hydrogen (secondary N) is 1. The summed E-state index contributed by atoms with van der Waals surface area (Å²) in [5.41, 5.74) is 1.77. The van der Waals surface area contributed by atoms with Gasteiger partial charge in [-0.1, -0.05) is 91.0 Å². The monoisotopic (exact) mass is 707 g/mol. The minimum absolute atomic E-state index is 0.00561. The molecule has 0 bridgehead atoms. The van der Waals surface area contributed by atoms with Crippen LogP contribution >= 0.6 is 23.2 Å². The summed E-state index contributed by atoms with van der Waals surface area (Å²) in [5, 5.41) is 4.00. The first-order chi connectivity index (χ1) is 23.1. The van der Waals surface area contributed by atoms with Gasteiger partial charge < -0.3 is 15.0 Å². The van der Waals surface area contributed by atoms with Gasteiger partial charge in [-0.05, 0) is 78.6 Å². The van der Waals surface area contributed by atoms with Gasteiger partial charge in [0, 0.05) is 29.1 Å². The molecule has 5 rings (SSSR count). The second-order valence-corrected chi connectivity index (χ2v) is 14.6. The van der Waals surface area contributed by atoms with Crippen molar-refractivity contribution >= 4 is 50.7 Å². The Morgan fingerprint density at radius 3 is 2.12 bits per heavy atom. The number of ether oxygens (including phenoxy) is 1. The fourth-order valence-electron chi connectivity index (χ4n) is 5.97. The van der Waals surface area contributed by atoms with Crippen LogP contribution in [0.3, 0.4) is 0 Å². The van der Waals surface area contributed by atoms with Crippen LogP contribution in [0.4, 0.5) is 5.69 Å². The molecule has 1 fully saturated rings. The van der Waals surface area contributed by atoms with Crippen molar-refractivity contribution in [2.24, 2.45) is 0 Å². The molecule has 0 radical (unpaired) electrons. The number of carbonyl (C=O) groups is 2. The topological polar surface area (TPSA) is 96.0 Å². The van der Waals surface area contributed by atoms with E-state index in [0.29, 0.717) is 21.4 Å². The van der Waals surface area contributed by atoms with Gasteiger partial charge in [0.1, 0.15) is 18.3 Å². The van der Waals surface area contributed by atoms with Crippen molar-refractivity contribution in [3.8, 4) is 5.75 Å². The van der Waals surface area contributed by atoms with E-state index in [2.05, 4.69) is 5.32 Å². The smallest absolute Gasteiger partial charge is 0.264 e. The molecule has 48 heavy (non-hydrogen) atoms. The molecule has 1 aliphatic carbocycles. The second-order valence-electron chi connectivity index (χ2n) is 11.9. The fourth-order valence-corrected chi connectivity index (χ4v) is 7.77. The van der Waals surface area contributed by atoms with Gasteiger partial charge in [0.05, 0.1) is 17.7 Å². The molecule has 0 saturated heterocycles. The van der Waals surface area contributed by atoms with Crippen LogP contribution in [0.5, 0.6) is 5.75 Å². The number of halogens is 2. The summed E-state index contributed by atoms with van der Waals surface area (Å²) in [4.78, 5) is 30.3. The number of rotatable bonds is 13. The van der Waals surface area contributed by atoms with Gasteiger partial charge in [-0.15, -0.1) is 0 Å². The Kier molecular flexibility index (Phi) is 12.0. The second kappa shape index (κ2) is 16.4. The molecule has 252 valence electrons. The molecule has 1 saturated carbocycles. The highest BCUT2D eigenvalue weighted by atomic mass is 35.5. The van der Waals surface area contributed by atoms with Gasteiger partial charge in [-0.25, -0.2) is 8.42 Å². The molecule has 4 aromatic rings. The van der Waals surface area contributed by atoms with Crippen LogP contribution < -0.4 is 14.4 Å². The predicted octanol–water partition coefficient (Wildman–Crippen LogP) is 7.29. The number of hydrogen-bond acceptors (Lipinski definition) is 5. The molecule has 1 unspecified atom stereocenters. The van der Waals surface area contributed by atoms with Gasteiger partial charge in [-0.3, -0.25) is 13.9 Å². The van der Waals surface area contributed by atoms with E-state index in [1.54, 1.807) is 48.5 Å². The first kappa shape index (κ1) is 35.3. The largest absolute Gasteiger partial charge is 0.497 e. The van der Waals surface area contributed by atoms with E-state index in [1.807, 2.05) is 36.4 Å². The zero-order valence-electron chi connectivity index (χ0n) is 26.7. The van der Waals surface area contributed by atoms with Crippen molar-refractivity contribution in [2.75, 3.05) is 18.0 Å². The van der Waals surface area contributed by atoms with Gasteiger partial charge >= 0.3 is 0 Å². The fraction of sp³-hybridized carbons (Fsp3) is 0.297. The summed E-state index contributed by atoms with van der Waals surface area (Å²) in [6.45, 7) is -0.557. The van der Waals surface area contributed by atoms with Gasteiger partial charge in [0.25, 0.3) is 10.0 Å². The molecular formula is C37H39Cl2N3O5S. The predicted molar refractivity (Wildman–Crippen MR) is 190 cm³/mol. The van der Waals surface area contributed by atoms with Crippen LogP contribution in [-0.4, -0.2) is 50.9 Å². The maximum absolute atomic E-state index is 14.7. The number of carbonyl (C=O) groups excluding carboxylic acids is 2. The quantitative estimate of drug-likeness (QED) is 0.158. The summed E-state index contributed by atoms with van der Waals surface area (Å²) >= 11 is 12.7. The highest BCUT2D eigenvalue weighted by Gasteiger charge is 2.35. The number of methoxy groups -OCH3 is 1. The lowest BCUT2D eigenvalue weighted by molar-refractivity contribution is -0.140. The lowest BCUT2D eigenvalue weighted by Gasteiger charge is -2.35. The lowest BCUT2D eigenvalue weighted by atomic mass is 9.94. The van der Waals surface area contributed by atoms with E-state index < -0.39 is 28.5 Å². The first-order valence-electron chi connectivity index (χ1n) is 15.9. The molecule has 2 amide bonds. The molecule has 4 aromatic carbocycles. The zero-order chi connectivity index (χ0) is 34.1. The third-order valence-corrected chi connectivity index (χ3v) is 10.7. The van der Waals surface area contributed by atoms with Gasteiger partial charge in [0.2, 0.25) is 11.8 Å². The van der Waals surface area contributed by atoms with E-state index in [9.17, 15) is 18.0 Å². The van der Waals surface area contributed by atoms with Crippen LogP contribution in [0.15, 0.2) is 108 Å². The number of anilines is 1. The Morgan fingerprint density at radius 1 is 0.833 bits per heavy atom. The van der Waals surface area contributed by atoms with E-state index in [1.165, 1.54) is 30.2 Å². The van der Waals surface area contributed by atoms with Crippen LogP contribution in [0, 0.1) is 0 Å². The SMILES string of the molecule is COc1ccc(S(=O)(=O)N(CC(=O)N(Cc2cccc(Cl)c2)C(Cc2ccccc2)C(=O)NC2CCCCC2)c2cccc(Cl)c2)cc1. The van der Waals surface area contributed by atoms with Crippen LogP contribution in [0.2, 0.25) is 10.0 Å². The minimum Gasteiger partial charge on any atom is -0.497 e.